The standard InChI is InChI=1S/C18H18N2O3S3/c1-12-9-13(2)16(14(3)10-12)23-18(24)19-17-20(26(21,22)11-25-17)15-7-5-4-6-8-15/h4-10H,11H2,1-3H3/b19-17-. The van der Waals surface area contributed by atoms with Crippen molar-refractivity contribution in [3.05, 3.63) is 59.2 Å². The first kappa shape index (κ1) is 18.9. The van der Waals surface area contributed by atoms with Crippen LogP contribution < -0.4 is 9.04 Å². The Morgan fingerprint density at radius 1 is 1.15 bits per heavy atom. The van der Waals surface area contributed by atoms with Crippen molar-refractivity contribution in [2.75, 3.05) is 9.39 Å². The lowest BCUT2D eigenvalue weighted by atomic mass is 10.1. The number of para-hydroxylation sites is 1. The van der Waals surface area contributed by atoms with E-state index in [9.17, 15) is 8.42 Å². The summed E-state index contributed by atoms with van der Waals surface area (Å²) >= 11 is 6.38. The van der Waals surface area contributed by atoms with Crippen LogP contribution in [-0.2, 0) is 10.0 Å². The molecule has 0 atom stereocenters. The van der Waals surface area contributed by atoms with Gasteiger partial charge in [0.15, 0.2) is 5.17 Å². The summed E-state index contributed by atoms with van der Waals surface area (Å²) in [6.45, 7) is 5.90. The lowest BCUT2D eigenvalue weighted by molar-refractivity contribution is 0.548. The molecule has 0 amide bonds. The number of aryl methyl sites for hydroxylation is 3. The summed E-state index contributed by atoms with van der Waals surface area (Å²) < 4.78 is 31.8. The monoisotopic (exact) mass is 406 g/mol. The van der Waals surface area contributed by atoms with E-state index in [2.05, 4.69) is 4.99 Å². The lowest BCUT2D eigenvalue weighted by Gasteiger charge is -2.17. The summed E-state index contributed by atoms with van der Waals surface area (Å²) in [5.74, 6) is 0.655. The summed E-state index contributed by atoms with van der Waals surface area (Å²) in [5.41, 5.74) is 3.58. The Hall–Kier alpha value is -1.90. The van der Waals surface area contributed by atoms with Crippen LogP contribution in [0.3, 0.4) is 0 Å². The fourth-order valence-electron chi connectivity index (χ4n) is 2.79. The average Bonchev–Trinajstić information content (AvgIpc) is 2.86. The molecule has 0 aliphatic carbocycles. The van der Waals surface area contributed by atoms with Gasteiger partial charge < -0.3 is 4.74 Å². The maximum absolute atomic E-state index is 12.4. The van der Waals surface area contributed by atoms with Gasteiger partial charge in [-0.1, -0.05) is 47.7 Å². The molecule has 8 heteroatoms. The van der Waals surface area contributed by atoms with Gasteiger partial charge in [-0.15, -0.1) is 0 Å². The number of hydrogen-bond acceptors (Lipinski definition) is 5. The van der Waals surface area contributed by atoms with E-state index in [0.29, 0.717) is 16.6 Å². The molecule has 0 aromatic heterocycles. The zero-order valence-electron chi connectivity index (χ0n) is 14.6. The number of nitrogens with zero attached hydrogens (tertiary/aromatic N) is 2. The van der Waals surface area contributed by atoms with Crippen LogP contribution in [-0.4, -0.2) is 23.8 Å². The quantitative estimate of drug-likeness (QED) is 0.701. The molecule has 1 heterocycles. The highest BCUT2D eigenvalue weighted by atomic mass is 32.3. The highest BCUT2D eigenvalue weighted by molar-refractivity contribution is 8.27. The third-order valence-corrected chi connectivity index (χ3v) is 7.19. The second kappa shape index (κ2) is 7.38. The summed E-state index contributed by atoms with van der Waals surface area (Å²) in [6, 6.07) is 12.8. The first-order chi connectivity index (χ1) is 12.3. The molecule has 2 aromatic carbocycles. The van der Waals surface area contributed by atoms with Gasteiger partial charge >= 0.3 is 0 Å². The normalized spacial score (nSPS) is 17.5. The zero-order valence-corrected chi connectivity index (χ0v) is 17.0. The molecule has 1 aliphatic rings. The minimum atomic E-state index is -3.48. The van der Waals surface area contributed by atoms with Crippen LogP contribution >= 0.6 is 24.0 Å². The fraction of sp³-hybridized carbons (Fsp3) is 0.222. The van der Waals surface area contributed by atoms with Gasteiger partial charge in [0.25, 0.3) is 15.2 Å². The Morgan fingerprint density at radius 3 is 2.38 bits per heavy atom. The van der Waals surface area contributed by atoms with E-state index in [0.717, 1.165) is 28.5 Å². The molecule has 0 N–H and O–H groups in total. The van der Waals surface area contributed by atoms with Crippen LogP contribution in [0.1, 0.15) is 16.7 Å². The van der Waals surface area contributed by atoms with Crippen molar-refractivity contribution in [2.45, 2.75) is 20.8 Å². The van der Waals surface area contributed by atoms with Crippen molar-refractivity contribution in [1.29, 1.82) is 0 Å². The van der Waals surface area contributed by atoms with Crippen molar-refractivity contribution in [3.63, 3.8) is 0 Å². The molecule has 0 spiro atoms. The topological polar surface area (TPSA) is 59.0 Å². The third-order valence-electron chi connectivity index (χ3n) is 3.76. The van der Waals surface area contributed by atoms with Gasteiger partial charge in [-0.3, -0.25) is 0 Å². The molecule has 2 aromatic rings. The van der Waals surface area contributed by atoms with Gasteiger partial charge in [0, 0.05) is 0 Å². The van der Waals surface area contributed by atoms with Crippen LogP contribution in [0.15, 0.2) is 47.5 Å². The molecule has 0 saturated carbocycles. The van der Waals surface area contributed by atoms with E-state index in [1.54, 1.807) is 24.3 Å². The first-order valence-electron chi connectivity index (χ1n) is 7.87. The predicted octanol–water partition coefficient (Wildman–Crippen LogP) is 4.17. The molecule has 5 nitrogen and oxygen atoms in total. The molecule has 0 radical (unpaired) electrons. The fourth-order valence-corrected chi connectivity index (χ4v) is 6.04. The molecule has 0 bridgehead atoms. The number of rotatable bonds is 2. The Bertz CT molecular complexity index is 963. The molecule has 0 unspecified atom stereocenters. The van der Waals surface area contributed by atoms with Crippen molar-refractivity contribution in [2.24, 2.45) is 4.99 Å². The molecular formula is C18H18N2O3S3. The SMILES string of the molecule is Cc1cc(C)c(OC(=S)/N=C2\SCS(=O)(=O)N2c2ccccc2)c(C)c1. The van der Waals surface area contributed by atoms with Crippen LogP contribution in [0.25, 0.3) is 0 Å². The van der Waals surface area contributed by atoms with E-state index >= 15 is 0 Å². The number of sulfonamides is 1. The number of thioether (sulfide) groups is 1. The van der Waals surface area contributed by atoms with Crippen LogP contribution in [0.2, 0.25) is 0 Å². The molecule has 136 valence electrons. The van der Waals surface area contributed by atoms with E-state index in [1.807, 2.05) is 39.0 Å². The van der Waals surface area contributed by atoms with Crippen LogP contribution in [0.5, 0.6) is 5.75 Å². The number of amidine groups is 1. The summed E-state index contributed by atoms with van der Waals surface area (Å²) in [5, 5.41) is 0.204. The molecule has 1 fully saturated rings. The third kappa shape index (κ3) is 3.92. The second-order valence-electron chi connectivity index (χ2n) is 5.96. The van der Waals surface area contributed by atoms with Gasteiger partial charge in [-0.25, -0.2) is 12.7 Å². The Kier molecular flexibility index (Phi) is 5.36. The predicted molar refractivity (Wildman–Crippen MR) is 112 cm³/mol. The van der Waals surface area contributed by atoms with Crippen LogP contribution in [0.4, 0.5) is 5.69 Å². The van der Waals surface area contributed by atoms with Crippen molar-refractivity contribution in [1.82, 2.24) is 0 Å². The van der Waals surface area contributed by atoms with Crippen LogP contribution in [0, 0.1) is 20.8 Å². The summed E-state index contributed by atoms with van der Waals surface area (Å²) in [4.78, 5) is 4.26. The average molecular weight is 407 g/mol. The van der Waals surface area contributed by atoms with Crippen molar-refractivity contribution >= 4 is 50.0 Å². The van der Waals surface area contributed by atoms with Gasteiger partial charge in [-0.2, -0.15) is 4.99 Å². The van der Waals surface area contributed by atoms with Gasteiger partial charge in [0.05, 0.1) is 5.69 Å². The Morgan fingerprint density at radius 2 is 1.77 bits per heavy atom. The van der Waals surface area contributed by atoms with E-state index in [-0.39, 0.29) is 10.3 Å². The van der Waals surface area contributed by atoms with Gasteiger partial charge in [0.2, 0.25) is 0 Å². The molecule has 3 rings (SSSR count). The number of aliphatic imine (C=N–C) groups is 1. The number of ether oxygens (including phenoxy) is 1. The largest absolute Gasteiger partial charge is 0.430 e. The van der Waals surface area contributed by atoms with E-state index < -0.39 is 10.0 Å². The smallest absolute Gasteiger partial charge is 0.291 e. The van der Waals surface area contributed by atoms with Gasteiger partial charge in [-0.05, 0) is 56.2 Å². The maximum Gasteiger partial charge on any atom is 0.291 e. The summed E-state index contributed by atoms with van der Waals surface area (Å²) in [7, 11) is -3.48. The maximum atomic E-state index is 12.4. The lowest BCUT2D eigenvalue weighted by Crippen LogP contribution is -2.30. The van der Waals surface area contributed by atoms with Crippen molar-refractivity contribution < 1.29 is 13.2 Å². The number of anilines is 1. The van der Waals surface area contributed by atoms with E-state index in [4.69, 9.17) is 17.0 Å². The Balaban J connectivity index is 1.90. The number of thiocarbonyl (C=S) groups is 1. The highest BCUT2D eigenvalue weighted by Crippen LogP contribution is 2.32. The second-order valence-corrected chi connectivity index (χ2v) is 9.44. The molecule has 1 saturated heterocycles. The molecule has 26 heavy (non-hydrogen) atoms. The minimum absolute atomic E-state index is 0.0133. The zero-order chi connectivity index (χ0) is 18.9. The van der Waals surface area contributed by atoms with Crippen molar-refractivity contribution in [3.8, 4) is 5.75 Å². The minimum Gasteiger partial charge on any atom is -0.430 e. The summed E-state index contributed by atoms with van der Waals surface area (Å²) in [6.07, 6.45) is 0. The molecular weight excluding hydrogens is 388 g/mol. The first-order valence-corrected chi connectivity index (χ1v) is 10.9. The Labute approximate surface area is 163 Å². The van der Waals surface area contributed by atoms with Gasteiger partial charge in [0.1, 0.15) is 10.8 Å². The number of hydrogen-bond donors (Lipinski definition) is 0. The highest BCUT2D eigenvalue weighted by Gasteiger charge is 2.36. The molecule has 1 aliphatic heterocycles. The van der Waals surface area contributed by atoms with E-state index in [1.165, 1.54) is 4.31 Å². The number of benzene rings is 2.